The Labute approximate surface area is 148 Å². The maximum Gasteiger partial charge on any atom is 0.264 e. The van der Waals surface area contributed by atoms with Gasteiger partial charge < -0.3 is 5.32 Å². The monoisotopic (exact) mass is 362 g/mol. The minimum Gasteiger partial charge on any atom is -0.313 e. The van der Waals surface area contributed by atoms with Crippen LogP contribution in [-0.2, 0) is 10.0 Å². The third kappa shape index (κ3) is 5.81. The molecule has 2 aromatic rings. The van der Waals surface area contributed by atoms with Crippen molar-refractivity contribution in [2.45, 2.75) is 18.7 Å². The van der Waals surface area contributed by atoms with Crippen molar-refractivity contribution in [3.05, 3.63) is 65.7 Å². The second-order valence-corrected chi connectivity index (χ2v) is 6.46. The fourth-order valence-electron chi connectivity index (χ4n) is 1.91. The Hall–Kier alpha value is -2.51. The van der Waals surface area contributed by atoms with E-state index in [2.05, 4.69) is 5.32 Å². The summed E-state index contributed by atoms with van der Waals surface area (Å²) in [6.07, 6.45) is 0. The van der Waals surface area contributed by atoms with Crippen molar-refractivity contribution in [2.24, 2.45) is 0 Å². The zero-order valence-corrected chi connectivity index (χ0v) is 15.3. The van der Waals surface area contributed by atoms with Gasteiger partial charge in [0.1, 0.15) is 0 Å². The fourth-order valence-corrected chi connectivity index (χ4v) is 2.90. The van der Waals surface area contributed by atoms with Gasteiger partial charge in [-0.1, -0.05) is 44.2 Å². The van der Waals surface area contributed by atoms with Crippen LogP contribution in [0.1, 0.15) is 34.6 Å². The van der Waals surface area contributed by atoms with Gasteiger partial charge in [0.25, 0.3) is 15.9 Å². The molecule has 0 unspecified atom stereocenters. The van der Waals surface area contributed by atoms with Crippen molar-refractivity contribution >= 4 is 21.7 Å². The molecule has 0 aliphatic rings. The van der Waals surface area contributed by atoms with Crippen LogP contribution < -0.4 is 10.0 Å². The van der Waals surface area contributed by atoms with Crippen LogP contribution in [0.4, 0.5) is 0 Å². The summed E-state index contributed by atoms with van der Waals surface area (Å²) >= 11 is 0. The zero-order chi connectivity index (χ0) is 18.9. The topological polar surface area (TPSA) is 92.3 Å². The molecule has 25 heavy (non-hydrogen) atoms. The maximum absolute atomic E-state index is 12.1. The van der Waals surface area contributed by atoms with E-state index in [1.165, 1.54) is 36.4 Å². The van der Waals surface area contributed by atoms with Crippen molar-refractivity contribution in [3.63, 3.8) is 0 Å². The largest absolute Gasteiger partial charge is 0.313 e. The lowest BCUT2D eigenvalue weighted by Gasteiger charge is -2.07. The molecule has 134 valence electrons. The molecule has 6 nitrogen and oxygen atoms in total. The van der Waals surface area contributed by atoms with Crippen molar-refractivity contribution < 1.29 is 18.0 Å². The molecule has 0 heterocycles. The second-order valence-electron chi connectivity index (χ2n) is 4.78. The van der Waals surface area contributed by atoms with Gasteiger partial charge in [0.15, 0.2) is 5.78 Å². The number of nitrogens with one attached hydrogen (secondary N) is 2. The SMILES string of the molecule is CC.CNCC(=O)c1ccc(C(=O)NS(=O)(=O)c2ccccc2)cc1. The van der Waals surface area contributed by atoms with Gasteiger partial charge in [-0.2, -0.15) is 0 Å². The Morgan fingerprint density at radius 2 is 1.40 bits per heavy atom. The maximum atomic E-state index is 12.1. The van der Waals surface area contributed by atoms with Crippen LogP contribution in [-0.4, -0.2) is 33.7 Å². The Bertz CT molecular complexity index is 801. The lowest BCUT2D eigenvalue weighted by molar-refractivity contribution is 0.0974. The highest BCUT2D eigenvalue weighted by Crippen LogP contribution is 2.10. The first kappa shape index (κ1) is 20.5. The molecule has 0 radical (unpaired) electrons. The molecular weight excluding hydrogens is 340 g/mol. The molecule has 0 saturated carbocycles. The van der Waals surface area contributed by atoms with Gasteiger partial charge in [0, 0.05) is 11.1 Å². The molecule has 2 rings (SSSR count). The zero-order valence-electron chi connectivity index (χ0n) is 14.4. The van der Waals surface area contributed by atoms with E-state index in [0.29, 0.717) is 5.56 Å². The van der Waals surface area contributed by atoms with Crippen LogP contribution >= 0.6 is 0 Å². The minimum absolute atomic E-state index is 0.00849. The molecule has 0 aliphatic heterocycles. The normalized spacial score (nSPS) is 10.4. The fraction of sp³-hybridized carbons (Fsp3) is 0.222. The van der Waals surface area contributed by atoms with Gasteiger partial charge in [-0.15, -0.1) is 0 Å². The summed E-state index contributed by atoms with van der Waals surface area (Å²) in [6.45, 7) is 4.19. The second kappa shape index (κ2) is 9.71. The summed E-state index contributed by atoms with van der Waals surface area (Å²) in [4.78, 5) is 23.7. The molecule has 0 aromatic heterocycles. The molecule has 0 spiro atoms. The summed E-state index contributed by atoms with van der Waals surface area (Å²) in [5.41, 5.74) is 0.604. The molecule has 2 N–H and O–H groups in total. The smallest absolute Gasteiger partial charge is 0.264 e. The number of benzene rings is 2. The number of carbonyl (C=O) groups excluding carboxylic acids is 2. The first-order valence-electron chi connectivity index (χ1n) is 7.84. The van der Waals surface area contributed by atoms with E-state index in [1.54, 1.807) is 25.2 Å². The summed E-state index contributed by atoms with van der Waals surface area (Å²) in [6, 6.07) is 13.4. The Balaban J connectivity index is 0.00000151. The average Bonchev–Trinajstić information content (AvgIpc) is 2.64. The highest BCUT2D eigenvalue weighted by atomic mass is 32.2. The number of likely N-dealkylation sites (N-methyl/N-ethyl adjacent to an activating group) is 1. The first-order valence-corrected chi connectivity index (χ1v) is 9.32. The van der Waals surface area contributed by atoms with Crippen LogP contribution in [0.25, 0.3) is 0 Å². The van der Waals surface area contributed by atoms with Gasteiger partial charge in [-0.05, 0) is 31.3 Å². The van der Waals surface area contributed by atoms with E-state index >= 15 is 0 Å². The van der Waals surface area contributed by atoms with Gasteiger partial charge in [-0.25, -0.2) is 13.1 Å². The molecule has 0 aliphatic carbocycles. The summed E-state index contributed by atoms with van der Waals surface area (Å²) in [5.74, 6) is -0.863. The first-order chi connectivity index (χ1) is 11.9. The Morgan fingerprint density at radius 3 is 1.92 bits per heavy atom. The Kier molecular flexibility index (Phi) is 7.97. The Morgan fingerprint density at radius 1 is 0.880 bits per heavy atom. The number of sulfonamides is 1. The van der Waals surface area contributed by atoms with Gasteiger partial charge in [0.05, 0.1) is 11.4 Å². The number of carbonyl (C=O) groups is 2. The van der Waals surface area contributed by atoms with E-state index in [0.717, 1.165) is 0 Å². The predicted octanol–water partition coefficient (Wildman–Crippen LogP) is 2.23. The standard InChI is InChI=1S/C16H16N2O4S.C2H6/c1-17-11-15(19)12-7-9-13(10-8-12)16(20)18-23(21,22)14-5-3-2-4-6-14;1-2/h2-10,17H,11H2,1H3,(H,18,20);1-2H3. The summed E-state index contributed by atoms with van der Waals surface area (Å²) in [7, 11) is -2.26. The number of Topliss-reactive ketones (excluding diaryl/α,β-unsaturated/α-hetero) is 1. The van der Waals surface area contributed by atoms with Crippen LogP contribution in [0.15, 0.2) is 59.5 Å². The van der Waals surface area contributed by atoms with E-state index in [1.807, 2.05) is 18.6 Å². The number of rotatable bonds is 6. The van der Waals surface area contributed by atoms with Crippen LogP contribution in [0.5, 0.6) is 0 Å². The lowest BCUT2D eigenvalue weighted by atomic mass is 10.1. The number of hydrogen-bond donors (Lipinski definition) is 2. The number of amides is 1. The quantitative estimate of drug-likeness (QED) is 0.769. The number of hydrogen-bond acceptors (Lipinski definition) is 5. The molecule has 2 aromatic carbocycles. The molecule has 1 amide bonds. The minimum atomic E-state index is -3.92. The third-order valence-electron chi connectivity index (χ3n) is 3.09. The van der Waals surface area contributed by atoms with Crippen LogP contribution in [0.2, 0.25) is 0 Å². The van der Waals surface area contributed by atoms with Crippen LogP contribution in [0.3, 0.4) is 0 Å². The van der Waals surface area contributed by atoms with Crippen molar-refractivity contribution in [2.75, 3.05) is 13.6 Å². The molecule has 0 atom stereocenters. The molecule has 0 bridgehead atoms. The highest BCUT2D eigenvalue weighted by molar-refractivity contribution is 7.90. The van der Waals surface area contributed by atoms with E-state index < -0.39 is 15.9 Å². The number of ketones is 1. The highest BCUT2D eigenvalue weighted by Gasteiger charge is 2.18. The van der Waals surface area contributed by atoms with Crippen molar-refractivity contribution in [1.82, 2.24) is 10.0 Å². The molecule has 0 saturated heterocycles. The van der Waals surface area contributed by atoms with E-state index in [-0.39, 0.29) is 22.8 Å². The van der Waals surface area contributed by atoms with Crippen LogP contribution in [0, 0.1) is 0 Å². The van der Waals surface area contributed by atoms with Gasteiger partial charge in [0.2, 0.25) is 0 Å². The van der Waals surface area contributed by atoms with Crippen molar-refractivity contribution in [3.8, 4) is 0 Å². The van der Waals surface area contributed by atoms with E-state index in [4.69, 9.17) is 0 Å². The summed E-state index contributed by atoms with van der Waals surface area (Å²) < 4.78 is 26.2. The molecule has 0 fully saturated rings. The van der Waals surface area contributed by atoms with Crippen molar-refractivity contribution in [1.29, 1.82) is 0 Å². The molecular formula is C18H22N2O4S. The summed E-state index contributed by atoms with van der Waals surface area (Å²) in [5, 5.41) is 2.74. The molecule has 7 heteroatoms. The van der Waals surface area contributed by atoms with Gasteiger partial charge in [-0.3, -0.25) is 9.59 Å². The average molecular weight is 362 g/mol. The predicted molar refractivity (Wildman–Crippen MR) is 97.1 cm³/mol. The van der Waals surface area contributed by atoms with Gasteiger partial charge >= 0.3 is 0 Å². The van der Waals surface area contributed by atoms with E-state index in [9.17, 15) is 18.0 Å². The third-order valence-corrected chi connectivity index (χ3v) is 4.43. The lowest BCUT2D eigenvalue weighted by Crippen LogP contribution is -2.30.